The first-order valence-electron chi connectivity index (χ1n) is 6.54. The lowest BCUT2D eigenvalue weighted by Crippen LogP contribution is -2.49. The van der Waals surface area contributed by atoms with Crippen molar-refractivity contribution in [3.05, 3.63) is 11.1 Å². The lowest BCUT2D eigenvalue weighted by Gasteiger charge is -2.34. The van der Waals surface area contributed by atoms with Gasteiger partial charge in [-0.05, 0) is 0 Å². The van der Waals surface area contributed by atoms with Crippen molar-refractivity contribution in [2.75, 3.05) is 37.6 Å². The van der Waals surface area contributed by atoms with Crippen LogP contribution in [0.3, 0.4) is 0 Å². The predicted octanol–water partition coefficient (Wildman–Crippen LogP) is 1.84. The summed E-state index contributed by atoms with van der Waals surface area (Å²) >= 11 is 1.40. The van der Waals surface area contributed by atoms with Crippen LogP contribution in [-0.4, -0.2) is 59.9 Å². The number of nitrogens with zero attached hydrogens (tertiary/aromatic N) is 3. The number of carboxylic acids is 1. The van der Waals surface area contributed by atoms with E-state index in [1.807, 2.05) is 4.90 Å². The van der Waals surface area contributed by atoms with E-state index in [1.54, 1.807) is 5.38 Å². The molecule has 1 N–H and O–H groups in total. The number of carboxylic acid groups (broad SMARTS) is 1. The molecule has 1 aliphatic rings. The van der Waals surface area contributed by atoms with E-state index in [2.05, 4.69) is 4.98 Å². The summed E-state index contributed by atoms with van der Waals surface area (Å²) in [5, 5.41) is 11.2. The molecule has 0 aromatic carbocycles. The Morgan fingerprint density at radius 2 is 2.00 bits per heavy atom. The number of aromatic nitrogens is 1. The van der Waals surface area contributed by atoms with Crippen molar-refractivity contribution >= 4 is 22.4 Å². The van der Waals surface area contributed by atoms with Crippen LogP contribution in [0.5, 0.6) is 0 Å². The van der Waals surface area contributed by atoms with Crippen molar-refractivity contribution in [2.24, 2.45) is 0 Å². The molecule has 118 valence electrons. The number of aliphatic carboxylic acids is 1. The molecule has 0 aliphatic carbocycles. The first kappa shape index (κ1) is 16.0. The van der Waals surface area contributed by atoms with E-state index in [9.17, 15) is 18.0 Å². The van der Waals surface area contributed by atoms with Gasteiger partial charge in [-0.3, -0.25) is 9.69 Å². The van der Waals surface area contributed by atoms with Gasteiger partial charge >= 0.3 is 12.1 Å². The average Bonchev–Trinajstić information content (AvgIpc) is 2.84. The Morgan fingerprint density at radius 1 is 1.33 bits per heavy atom. The van der Waals surface area contributed by atoms with Crippen molar-refractivity contribution in [3.63, 3.8) is 0 Å². The zero-order valence-electron chi connectivity index (χ0n) is 11.3. The Labute approximate surface area is 124 Å². The first-order valence-corrected chi connectivity index (χ1v) is 7.42. The molecule has 1 saturated heterocycles. The van der Waals surface area contributed by atoms with Gasteiger partial charge in [0.25, 0.3) is 0 Å². The number of halogens is 3. The molecule has 0 atom stereocenters. The van der Waals surface area contributed by atoms with Gasteiger partial charge in [0.15, 0.2) is 5.13 Å². The number of anilines is 1. The zero-order chi connectivity index (χ0) is 15.5. The summed E-state index contributed by atoms with van der Waals surface area (Å²) in [5.41, 5.74) is 0.718. The fraction of sp³-hybridized carbons (Fsp3) is 0.667. The number of alkyl halides is 3. The van der Waals surface area contributed by atoms with Crippen LogP contribution in [0.4, 0.5) is 18.3 Å². The summed E-state index contributed by atoms with van der Waals surface area (Å²) in [6.45, 7) is 0.833. The molecule has 0 amide bonds. The highest BCUT2D eigenvalue weighted by molar-refractivity contribution is 7.13. The maximum absolute atomic E-state index is 12.3. The van der Waals surface area contributed by atoms with Crippen LogP contribution < -0.4 is 4.90 Å². The van der Waals surface area contributed by atoms with Crippen molar-refractivity contribution < 1.29 is 23.1 Å². The molecule has 1 aliphatic heterocycles. The third kappa shape index (κ3) is 5.16. The predicted molar refractivity (Wildman–Crippen MR) is 72.8 cm³/mol. The molecular weight excluding hydrogens is 307 g/mol. The zero-order valence-corrected chi connectivity index (χ0v) is 12.1. The van der Waals surface area contributed by atoms with Crippen LogP contribution in [-0.2, 0) is 11.2 Å². The topological polar surface area (TPSA) is 56.7 Å². The van der Waals surface area contributed by atoms with Crippen LogP contribution >= 0.6 is 11.3 Å². The molecule has 0 radical (unpaired) electrons. The smallest absolute Gasteiger partial charge is 0.401 e. The van der Waals surface area contributed by atoms with Crippen molar-refractivity contribution in [2.45, 2.75) is 19.0 Å². The van der Waals surface area contributed by atoms with Gasteiger partial charge in [0.1, 0.15) is 0 Å². The summed E-state index contributed by atoms with van der Waals surface area (Å²) in [7, 11) is 0. The molecule has 21 heavy (non-hydrogen) atoms. The van der Waals surface area contributed by atoms with Crippen molar-refractivity contribution in [1.29, 1.82) is 0 Å². The molecule has 0 spiro atoms. The van der Waals surface area contributed by atoms with Crippen molar-refractivity contribution in [3.8, 4) is 0 Å². The van der Waals surface area contributed by atoms with Gasteiger partial charge in [-0.2, -0.15) is 13.2 Å². The van der Waals surface area contributed by atoms with Gasteiger partial charge in [-0.15, -0.1) is 11.3 Å². The minimum Gasteiger partial charge on any atom is -0.481 e. The highest BCUT2D eigenvalue weighted by Gasteiger charge is 2.32. The SMILES string of the molecule is O=C(O)CCc1csc(N2CCN(CC(F)(F)F)CC2)n1. The maximum Gasteiger partial charge on any atom is 0.401 e. The second kappa shape index (κ2) is 6.61. The van der Waals surface area contributed by atoms with E-state index in [0.717, 1.165) is 10.8 Å². The number of thiazole rings is 1. The molecule has 5 nitrogen and oxygen atoms in total. The number of piperazine rings is 1. The van der Waals surface area contributed by atoms with Gasteiger partial charge in [0.05, 0.1) is 18.7 Å². The van der Waals surface area contributed by atoms with E-state index in [0.29, 0.717) is 32.6 Å². The maximum atomic E-state index is 12.3. The molecule has 1 fully saturated rings. The number of hydrogen-bond donors (Lipinski definition) is 1. The molecule has 0 bridgehead atoms. The van der Waals surface area contributed by atoms with Crippen LogP contribution in [0.25, 0.3) is 0 Å². The largest absolute Gasteiger partial charge is 0.481 e. The molecule has 2 heterocycles. The summed E-state index contributed by atoms with van der Waals surface area (Å²) in [4.78, 5) is 18.2. The normalized spacial score (nSPS) is 17.2. The number of aryl methyl sites for hydroxylation is 1. The Balaban J connectivity index is 1.83. The highest BCUT2D eigenvalue weighted by atomic mass is 32.1. The molecule has 0 saturated carbocycles. The number of hydrogen-bond acceptors (Lipinski definition) is 5. The Kier molecular flexibility index (Phi) is 5.04. The number of carbonyl (C=O) groups is 1. The van der Waals surface area contributed by atoms with E-state index in [-0.39, 0.29) is 6.42 Å². The third-order valence-corrected chi connectivity index (χ3v) is 4.13. The van der Waals surface area contributed by atoms with E-state index >= 15 is 0 Å². The monoisotopic (exact) mass is 323 g/mol. The summed E-state index contributed by atoms with van der Waals surface area (Å²) < 4.78 is 36.9. The highest BCUT2D eigenvalue weighted by Crippen LogP contribution is 2.24. The summed E-state index contributed by atoms with van der Waals surface area (Å²) in [5.74, 6) is -0.870. The molecule has 0 unspecified atom stereocenters. The average molecular weight is 323 g/mol. The molecular formula is C12H16F3N3O2S. The minimum absolute atomic E-state index is 0.0303. The number of rotatable bonds is 5. The molecule has 9 heteroatoms. The second-order valence-corrected chi connectivity index (χ2v) is 5.73. The molecule has 1 aromatic heterocycles. The Hall–Kier alpha value is -1.35. The van der Waals surface area contributed by atoms with Gasteiger partial charge in [0.2, 0.25) is 0 Å². The van der Waals surface area contributed by atoms with Crippen LogP contribution in [0.2, 0.25) is 0 Å². The molecule has 1 aromatic rings. The fourth-order valence-electron chi connectivity index (χ4n) is 2.14. The van der Waals surface area contributed by atoms with Crippen molar-refractivity contribution in [1.82, 2.24) is 9.88 Å². The van der Waals surface area contributed by atoms with Crippen LogP contribution in [0.1, 0.15) is 12.1 Å². The Bertz CT molecular complexity index is 484. The van der Waals surface area contributed by atoms with Gasteiger partial charge < -0.3 is 10.0 Å². The van der Waals surface area contributed by atoms with Crippen LogP contribution in [0.15, 0.2) is 5.38 Å². The quantitative estimate of drug-likeness (QED) is 0.896. The lowest BCUT2D eigenvalue weighted by atomic mass is 10.2. The Morgan fingerprint density at radius 3 is 2.57 bits per heavy atom. The molecule has 2 rings (SSSR count). The third-order valence-electron chi connectivity index (χ3n) is 3.18. The summed E-state index contributed by atoms with van der Waals surface area (Å²) in [6, 6.07) is 0. The first-order chi connectivity index (χ1) is 9.83. The van der Waals surface area contributed by atoms with Gasteiger partial charge in [-0.25, -0.2) is 4.98 Å². The van der Waals surface area contributed by atoms with E-state index < -0.39 is 18.7 Å². The standard InChI is InChI=1S/C12H16F3N3O2S/c13-12(14,15)8-17-3-5-18(6-4-17)11-16-9(7-21-11)1-2-10(19)20/h7H,1-6,8H2,(H,19,20). The van der Waals surface area contributed by atoms with Crippen LogP contribution in [0, 0.1) is 0 Å². The second-order valence-electron chi connectivity index (χ2n) is 4.89. The lowest BCUT2D eigenvalue weighted by molar-refractivity contribution is -0.146. The van der Waals surface area contributed by atoms with E-state index in [1.165, 1.54) is 16.2 Å². The van der Waals surface area contributed by atoms with Gasteiger partial charge in [-0.1, -0.05) is 0 Å². The van der Waals surface area contributed by atoms with Gasteiger partial charge in [0, 0.05) is 38.0 Å². The van der Waals surface area contributed by atoms with E-state index in [4.69, 9.17) is 5.11 Å². The summed E-state index contributed by atoms with van der Waals surface area (Å²) in [6.07, 6.45) is -3.75. The fourth-order valence-corrected chi connectivity index (χ4v) is 3.06. The minimum atomic E-state index is -4.16.